The van der Waals surface area contributed by atoms with Crippen molar-refractivity contribution in [3.8, 4) is 0 Å². The van der Waals surface area contributed by atoms with Crippen LogP contribution in [-0.2, 0) is 4.79 Å². The van der Waals surface area contributed by atoms with Crippen molar-refractivity contribution in [3.05, 3.63) is 11.6 Å². The van der Waals surface area contributed by atoms with E-state index in [1.54, 1.807) is 12.5 Å². The molecule has 1 heterocycles. The molecule has 0 radical (unpaired) electrons. The zero-order valence-electron chi connectivity index (χ0n) is 11.2. The first-order valence-corrected chi connectivity index (χ1v) is 6.72. The van der Waals surface area contributed by atoms with Gasteiger partial charge in [0.25, 0.3) is 0 Å². The van der Waals surface area contributed by atoms with E-state index in [0.29, 0.717) is 6.04 Å². The Morgan fingerprint density at radius 1 is 1.53 bits per heavy atom. The van der Waals surface area contributed by atoms with Gasteiger partial charge in [0.15, 0.2) is 0 Å². The second kappa shape index (κ2) is 5.21. The van der Waals surface area contributed by atoms with Gasteiger partial charge in [-0.25, -0.2) is 0 Å². The molecule has 2 aliphatic rings. The van der Waals surface area contributed by atoms with Gasteiger partial charge in [-0.15, -0.1) is 0 Å². The molecule has 0 bridgehead atoms. The molecule has 1 saturated heterocycles. The fourth-order valence-corrected chi connectivity index (χ4v) is 3.08. The molecule has 0 spiro atoms. The molecule has 0 aromatic heterocycles. The SMILES string of the molecule is CC(=O)NC1CN(C[C@H]2C(C)=CCC[C@H]2C)C1. The maximum atomic E-state index is 10.9. The molecule has 3 heteroatoms. The largest absolute Gasteiger partial charge is 0.351 e. The van der Waals surface area contributed by atoms with E-state index in [0.717, 1.165) is 24.9 Å². The molecule has 1 N–H and O–H groups in total. The highest BCUT2D eigenvalue weighted by Gasteiger charge is 2.31. The molecule has 0 aromatic rings. The Morgan fingerprint density at radius 2 is 2.24 bits per heavy atom. The molecule has 0 aromatic carbocycles. The molecule has 17 heavy (non-hydrogen) atoms. The zero-order chi connectivity index (χ0) is 12.4. The van der Waals surface area contributed by atoms with E-state index in [-0.39, 0.29) is 5.91 Å². The van der Waals surface area contributed by atoms with Crippen LogP contribution in [0.2, 0.25) is 0 Å². The summed E-state index contributed by atoms with van der Waals surface area (Å²) in [5.74, 6) is 1.62. The van der Waals surface area contributed by atoms with Gasteiger partial charge >= 0.3 is 0 Å². The molecular formula is C14H24N2O. The van der Waals surface area contributed by atoms with E-state index in [1.165, 1.54) is 19.4 Å². The third-order valence-electron chi connectivity index (χ3n) is 4.18. The number of nitrogens with one attached hydrogen (secondary N) is 1. The van der Waals surface area contributed by atoms with E-state index in [9.17, 15) is 4.79 Å². The monoisotopic (exact) mass is 236 g/mol. The summed E-state index contributed by atoms with van der Waals surface area (Å²) in [7, 11) is 0. The first-order valence-electron chi connectivity index (χ1n) is 6.72. The van der Waals surface area contributed by atoms with Crippen molar-refractivity contribution in [1.82, 2.24) is 10.2 Å². The average Bonchev–Trinajstić information content (AvgIpc) is 2.18. The van der Waals surface area contributed by atoms with Crippen LogP contribution in [-0.4, -0.2) is 36.5 Å². The van der Waals surface area contributed by atoms with Gasteiger partial charge in [-0.1, -0.05) is 18.6 Å². The van der Waals surface area contributed by atoms with Crippen LogP contribution in [0.3, 0.4) is 0 Å². The van der Waals surface area contributed by atoms with Crippen LogP contribution in [0.1, 0.15) is 33.6 Å². The van der Waals surface area contributed by atoms with Crippen molar-refractivity contribution < 1.29 is 4.79 Å². The van der Waals surface area contributed by atoms with Gasteiger partial charge in [-0.2, -0.15) is 0 Å². The van der Waals surface area contributed by atoms with Crippen LogP contribution >= 0.6 is 0 Å². The summed E-state index contributed by atoms with van der Waals surface area (Å²) in [5, 5.41) is 2.97. The van der Waals surface area contributed by atoms with Crippen molar-refractivity contribution in [2.24, 2.45) is 11.8 Å². The van der Waals surface area contributed by atoms with Crippen LogP contribution in [0.4, 0.5) is 0 Å². The Labute approximate surface area is 104 Å². The summed E-state index contributed by atoms with van der Waals surface area (Å²) in [6, 6.07) is 0.385. The Hall–Kier alpha value is -0.830. The Morgan fingerprint density at radius 3 is 2.82 bits per heavy atom. The summed E-state index contributed by atoms with van der Waals surface area (Å²) in [6.07, 6.45) is 4.97. The Balaban J connectivity index is 1.77. The zero-order valence-corrected chi connectivity index (χ0v) is 11.2. The summed E-state index contributed by atoms with van der Waals surface area (Å²) >= 11 is 0. The molecule has 96 valence electrons. The van der Waals surface area contributed by atoms with Gasteiger partial charge in [0.05, 0.1) is 6.04 Å². The van der Waals surface area contributed by atoms with Gasteiger partial charge < -0.3 is 5.32 Å². The molecular weight excluding hydrogens is 212 g/mol. The van der Waals surface area contributed by atoms with Crippen molar-refractivity contribution in [1.29, 1.82) is 0 Å². The lowest BCUT2D eigenvalue weighted by atomic mass is 9.79. The molecule has 0 unspecified atom stereocenters. The lowest BCUT2D eigenvalue weighted by Crippen LogP contribution is -2.60. The van der Waals surface area contributed by atoms with E-state index < -0.39 is 0 Å². The lowest BCUT2D eigenvalue weighted by molar-refractivity contribution is -0.120. The first kappa shape index (κ1) is 12.6. The topological polar surface area (TPSA) is 32.3 Å². The van der Waals surface area contributed by atoms with Crippen LogP contribution in [0.5, 0.6) is 0 Å². The van der Waals surface area contributed by atoms with Crippen molar-refractivity contribution in [2.45, 2.75) is 39.7 Å². The average molecular weight is 236 g/mol. The highest BCUT2D eigenvalue weighted by molar-refractivity contribution is 5.73. The highest BCUT2D eigenvalue weighted by Crippen LogP contribution is 2.31. The lowest BCUT2D eigenvalue weighted by Gasteiger charge is -2.43. The number of carbonyl (C=O) groups excluding carboxylic acids is 1. The normalized spacial score (nSPS) is 30.6. The predicted octanol–water partition coefficient (Wildman–Crippen LogP) is 1.80. The maximum absolute atomic E-state index is 10.9. The van der Waals surface area contributed by atoms with Gasteiger partial charge in [-0.05, 0) is 31.6 Å². The van der Waals surface area contributed by atoms with Crippen molar-refractivity contribution in [3.63, 3.8) is 0 Å². The number of hydrogen-bond donors (Lipinski definition) is 1. The number of amides is 1. The van der Waals surface area contributed by atoms with Gasteiger partial charge in [0, 0.05) is 26.6 Å². The molecule has 1 aliphatic heterocycles. The standard InChI is InChI=1S/C14H24N2O/c1-10-5-4-6-11(2)14(10)9-16-7-13(8-16)15-12(3)17/h5,11,13-14H,4,6-9H2,1-3H3,(H,15,17)/t11-,14+/m1/s1. The Bertz CT molecular complexity index is 318. The molecule has 1 fully saturated rings. The van der Waals surface area contributed by atoms with E-state index in [4.69, 9.17) is 0 Å². The molecule has 2 rings (SSSR count). The number of nitrogens with zero attached hydrogens (tertiary/aromatic N) is 1. The molecule has 0 saturated carbocycles. The third-order valence-corrected chi connectivity index (χ3v) is 4.18. The summed E-state index contributed by atoms with van der Waals surface area (Å²) < 4.78 is 0. The minimum Gasteiger partial charge on any atom is -0.351 e. The summed E-state index contributed by atoms with van der Waals surface area (Å²) in [4.78, 5) is 13.4. The number of likely N-dealkylation sites (tertiary alicyclic amines) is 1. The summed E-state index contributed by atoms with van der Waals surface area (Å²) in [6.45, 7) is 9.45. The number of hydrogen-bond acceptors (Lipinski definition) is 2. The van der Waals surface area contributed by atoms with E-state index in [2.05, 4.69) is 30.1 Å². The predicted molar refractivity (Wildman–Crippen MR) is 69.7 cm³/mol. The highest BCUT2D eigenvalue weighted by atomic mass is 16.1. The summed E-state index contributed by atoms with van der Waals surface area (Å²) in [5.41, 5.74) is 1.56. The van der Waals surface area contributed by atoms with Crippen LogP contribution in [0.15, 0.2) is 11.6 Å². The van der Waals surface area contributed by atoms with Gasteiger partial charge in [0.2, 0.25) is 5.91 Å². The molecule has 1 aliphatic carbocycles. The van der Waals surface area contributed by atoms with Gasteiger partial charge in [-0.3, -0.25) is 9.69 Å². The minimum absolute atomic E-state index is 0.0942. The van der Waals surface area contributed by atoms with E-state index in [1.807, 2.05) is 0 Å². The minimum atomic E-state index is 0.0942. The fourth-order valence-electron chi connectivity index (χ4n) is 3.08. The molecule has 3 nitrogen and oxygen atoms in total. The first-order chi connectivity index (χ1) is 8.06. The number of carbonyl (C=O) groups is 1. The van der Waals surface area contributed by atoms with Gasteiger partial charge in [0.1, 0.15) is 0 Å². The smallest absolute Gasteiger partial charge is 0.217 e. The third kappa shape index (κ3) is 3.09. The second-order valence-corrected chi connectivity index (χ2v) is 5.73. The van der Waals surface area contributed by atoms with Crippen LogP contribution in [0, 0.1) is 11.8 Å². The van der Waals surface area contributed by atoms with Crippen molar-refractivity contribution >= 4 is 5.91 Å². The Kier molecular flexibility index (Phi) is 3.87. The van der Waals surface area contributed by atoms with E-state index >= 15 is 0 Å². The van der Waals surface area contributed by atoms with Crippen LogP contribution in [0.25, 0.3) is 0 Å². The number of allylic oxidation sites excluding steroid dienone is 1. The van der Waals surface area contributed by atoms with Crippen LogP contribution < -0.4 is 5.32 Å². The molecule has 2 atom stereocenters. The molecule has 1 amide bonds. The maximum Gasteiger partial charge on any atom is 0.217 e. The quantitative estimate of drug-likeness (QED) is 0.758. The fraction of sp³-hybridized carbons (Fsp3) is 0.786. The van der Waals surface area contributed by atoms with Crippen molar-refractivity contribution in [2.75, 3.05) is 19.6 Å². The second-order valence-electron chi connectivity index (χ2n) is 5.73. The number of rotatable bonds is 3.